The van der Waals surface area contributed by atoms with Crippen LogP contribution in [0.4, 0.5) is 0 Å². The summed E-state index contributed by atoms with van der Waals surface area (Å²) in [5.74, 6) is 2.17. The zero-order valence-corrected chi connectivity index (χ0v) is 13.4. The van der Waals surface area contributed by atoms with Gasteiger partial charge in [0.25, 0.3) is 0 Å². The summed E-state index contributed by atoms with van der Waals surface area (Å²) >= 11 is 0. The molecule has 1 aliphatic rings. The summed E-state index contributed by atoms with van der Waals surface area (Å²) in [4.78, 5) is 4.36. The summed E-state index contributed by atoms with van der Waals surface area (Å²) in [6, 6.07) is 6.76. The highest BCUT2D eigenvalue weighted by atomic mass is 16.3. The topological polar surface area (TPSA) is 38.1 Å². The third-order valence-corrected chi connectivity index (χ3v) is 4.26. The number of hydrogen-bond donors (Lipinski definition) is 1. The van der Waals surface area contributed by atoms with Crippen molar-refractivity contribution >= 4 is 0 Å². The summed E-state index contributed by atoms with van der Waals surface area (Å²) in [6.07, 6.45) is 4.12. The third-order valence-electron chi connectivity index (χ3n) is 4.26. The van der Waals surface area contributed by atoms with Crippen LogP contribution in [0, 0.1) is 19.3 Å². The Morgan fingerprint density at radius 2 is 2.14 bits per heavy atom. The lowest BCUT2D eigenvalue weighted by molar-refractivity contribution is 0.233. The number of fused-ring (bicyclic) bond motifs is 1. The van der Waals surface area contributed by atoms with Crippen molar-refractivity contribution in [2.75, 3.05) is 0 Å². The molecule has 3 heteroatoms. The third kappa shape index (κ3) is 3.18. The molecule has 0 aliphatic heterocycles. The summed E-state index contributed by atoms with van der Waals surface area (Å²) in [7, 11) is 0. The highest BCUT2D eigenvalue weighted by Gasteiger charge is 2.34. The van der Waals surface area contributed by atoms with E-state index in [0.29, 0.717) is 6.04 Å². The molecule has 0 spiro atoms. The van der Waals surface area contributed by atoms with Crippen molar-refractivity contribution in [1.29, 1.82) is 0 Å². The van der Waals surface area contributed by atoms with E-state index >= 15 is 0 Å². The van der Waals surface area contributed by atoms with Crippen LogP contribution in [0.3, 0.4) is 0 Å². The molecule has 0 saturated heterocycles. The summed E-state index contributed by atoms with van der Waals surface area (Å²) in [6.45, 7) is 9.52. The van der Waals surface area contributed by atoms with Gasteiger partial charge in [-0.1, -0.05) is 19.9 Å². The van der Waals surface area contributed by atoms with Crippen LogP contribution in [0.15, 0.2) is 28.8 Å². The number of pyridine rings is 1. The minimum absolute atomic E-state index is 0.278. The minimum atomic E-state index is 0.278. The Bertz CT molecular complexity index is 625. The van der Waals surface area contributed by atoms with E-state index in [9.17, 15) is 0 Å². The Kier molecular flexibility index (Phi) is 3.62. The molecule has 2 aromatic heterocycles. The molecule has 3 nitrogen and oxygen atoms in total. The van der Waals surface area contributed by atoms with Crippen LogP contribution >= 0.6 is 0 Å². The fraction of sp³-hybridized carbons (Fsp3) is 0.500. The Morgan fingerprint density at radius 3 is 2.86 bits per heavy atom. The molecule has 1 unspecified atom stereocenters. The van der Waals surface area contributed by atoms with Gasteiger partial charge in [-0.15, -0.1) is 0 Å². The number of aryl methyl sites for hydroxylation is 2. The second-order valence-corrected chi connectivity index (χ2v) is 7.02. The van der Waals surface area contributed by atoms with Gasteiger partial charge in [0, 0.05) is 36.5 Å². The smallest absolute Gasteiger partial charge is 0.109 e. The van der Waals surface area contributed by atoms with Crippen molar-refractivity contribution in [2.45, 2.75) is 53.1 Å². The predicted molar refractivity (Wildman–Crippen MR) is 84.1 cm³/mol. The Morgan fingerprint density at radius 1 is 1.33 bits per heavy atom. The molecule has 1 N–H and O–H groups in total. The van der Waals surface area contributed by atoms with Crippen molar-refractivity contribution in [3.63, 3.8) is 0 Å². The monoisotopic (exact) mass is 284 g/mol. The normalized spacial score (nSPS) is 20.3. The van der Waals surface area contributed by atoms with Crippen LogP contribution in [0.5, 0.6) is 0 Å². The lowest BCUT2D eigenvalue weighted by Crippen LogP contribution is -2.32. The maximum absolute atomic E-state index is 5.89. The fourth-order valence-electron chi connectivity index (χ4n) is 3.21. The molecule has 3 rings (SSSR count). The van der Waals surface area contributed by atoms with Gasteiger partial charge in [0.15, 0.2) is 0 Å². The average Bonchev–Trinajstić information content (AvgIpc) is 2.76. The molecule has 112 valence electrons. The molecule has 0 radical (unpaired) electrons. The molecular formula is C18H24N2O. The van der Waals surface area contributed by atoms with E-state index in [1.807, 2.05) is 20.0 Å². The SMILES string of the molecule is Cc1ccc(CNC2CC(C)(C)Cc3oc(C)cc32)cn1. The maximum Gasteiger partial charge on any atom is 0.109 e. The Balaban J connectivity index is 1.76. The van der Waals surface area contributed by atoms with Crippen molar-refractivity contribution in [3.05, 3.63) is 52.7 Å². The molecule has 1 atom stereocenters. The predicted octanol–water partition coefficient (Wildman–Crippen LogP) is 4.09. The van der Waals surface area contributed by atoms with Crippen LogP contribution < -0.4 is 5.32 Å². The summed E-state index contributed by atoms with van der Waals surface area (Å²) in [5, 5.41) is 3.68. The van der Waals surface area contributed by atoms with Gasteiger partial charge >= 0.3 is 0 Å². The molecule has 0 aromatic carbocycles. The van der Waals surface area contributed by atoms with E-state index in [1.54, 1.807) is 0 Å². The second kappa shape index (κ2) is 5.30. The molecule has 0 fully saturated rings. The van der Waals surface area contributed by atoms with Crippen LogP contribution in [0.2, 0.25) is 0 Å². The summed E-state index contributed by atoms with van der Waals surface area (Å²) < 4.78 is 5.89. The molecule has 0 amide bonds. The molecule has 0 bridgehead atoms. The summed E-state index contributed by atoms with van der Waals surface area (Å²) in [5.41, 5.74) is 3.91. The van der Waals surface area contributed by atoms with Crippen molar-refractivity contribution in [2.24, 2.45) is 5.41 Å². The standard InChI is InChI=1S/C18H24N2O/c1-12-5-6-14(10-19-12)11-20-16-8-18(3,4)9-17-15(16)7-13(2)21-17/h5-7,10,16,20H,8-9,11H2,1-4H3. The van der Waals surface area contributed by atoms with Crippen LogP contribution in [-0.2, 0) is 13.0 Å². The van der Waals surface area contributed by atoms with Gasteiger partial charge < -0.3 is 9.73 Å². The highest BCUT2D eigenvalue weighted by molar-refractivity contribution is 5.29. The second-order valence-electron chi connectivity index (χ2n) is 7.02. The van der Waals surface area contributed by atoms with Gasteiger partial charge in [-0.3, -0.25) is 4.98 Å². The fourth-order valence-corrected chi connectivity index (χ4v) is 3.21. The minimum Gasteiger partial charge on any atom is -0.466 e. The number of nitrogens with one attached hydrogen (secondary N) is 1. The number of nitrogens with zero attached hydrogens (tertiary/aromatic N) is 1. The van der Waals surface area contributed by atoms with Crippen LogP contribution in [0.1, 0.15) is 54.7 Å². The molecule has 2 aromatic rings. The van der Waals surface area contributed by atoms with E-state index in [2.05, 4.69) is 42.3 Å². The van der Waals surface area contributed by atoms with Crippen molar-refractivity contribution < 1.29 is 4.42 Å². The zero-order valence-electron chi connectivity index (χ0n) is 13.4. The van der Waals surface area contributed by atoms with Gasteiger partial charge in [0.2, 0.25) is 0 Å². The van der Waals surface area contributed by atoms with E-state index in [1.165, 1.54) is 11.1 Å². The highest BCUT2D eigenvalue weighted by Crippen LogP contribution is 2.42. The van der Waals surface area contributed by atoms with Gasteiger partial charge in [0.05, 0.1) is 0 Å². The van der Waals surface area contributed by atoms with Gasteiger partial charge in [-0.25, -0.2) is 0 Å². The van der Waals surface area contributed by atoms with E-state index in [-0.39, 0.29) is 5.41 Å². The van der Waals surface area contributed by atoms with Crippen LogP contribution in [0.25, 0.3) is 0 Å². The number of rotatable bonds is 3. The number of hydrogen-bond acceptors (Lipinski definition) is 3. The molecule has 0 saturated carbocycles. The largest absolute Gasteiger partial charge is 0.466 e. The molecular weight excluding hydrogens is 260 g/mol. The Labute approximate surface area is 126 Å². The number of furan rings is 1. The quantitative estimate of drug-likeness (QED) is 0.922. The van der Waals surface area contributed by atoms with Gasteiger partial charge in [-0.2, -0.15) is 0 Å². The van der Waals surface area contributed by atoms with Crippen LogP contribution in [-0.4, -0.2) is 4.98 Å². The van der Waals surface area contributed by atoms with E-state index in [4.69, 9.17) is 4.42 Å². The zero-order chi connectivity index (χ0) is 15.0. The van der Waals surface area contributed by atoms with Crippen molar-refractivity contribution in [1.82, 2.24) is 10.3 Å². The first-order chi connectivity index (χ1) is 9.93. The van der Waals surface area contributed by atoms with E-state index in [0.717, 1.165) is 36.6 Å². The van der Waals surface area contributed by atoms with Crippen molar-refractivity contribution in [3.8, 4) is 0 Å². The Hall–Kier alpha value is -1.61. The lowest BCUT2D eigenvalue weighted by Gasteiger charge is -2.34. The molecule has 1 aliphatic carbocycles. The first-order valence-corrected chi connectivity index (χ1v) is 7.67. The first kappa shape index (κ1) is 14.3. The maximum atomic E-state index is 5.89. The molecule has 21 heavy (non-hydrogen) atoms. The lowest BCUT2D eigenvalue weighted by atomic mass is 9.74. The average molecular weight is 284 g/mol. The molecule has 2 heterocycles. The van der Waals surface area contributed by atoms with Gasteiger partial charge in [0.1, 0.15) is 11.5 Å². The first-order valence-electron chi connectivity index (χ1n) is 7.67. The number of aromatic nitrogens is 1. The van der Waals surface area contributed by atoms with Gasteiger partial charge in [-0.05, 0) is 43.4 Å². The van der Waals surface area contributed by atoms with E-state index < -0.39 is 0 Å².